The number of rotatable bonds is 2. The van der Waals surface area contributed by atoms with Crippen LogP contribution in [0.1, 0.15) is 0 Å². The van der Waals surface area contributed by atoms with Gasteiger partial charge in [0.05, 0.1) is 18.2 Å². The molecule has 0 N–H and O–H groups in total. The molecule has 0 saturated carbocycles. The maximum Gasteiger partial charge on any atom is 0.216 e. The van der Waals surface area contributed by atoms with Gasteiger partial charge in [-0.25, -0.2) is 9.83 Å². The van der Waals surface area contributed by atoms with Crippen molar-refractivity contribution in [1.29, 1.82) is 0 Å². The molecule has 0 bridgehead atoms. The van der Waals surface area contributed by atoms with Crippen molar-refractivity contribution in [1.82, 2.24) is 14.6 Å². The molecule has 0 spiro atoms. The summed E-state index contributed by atoms with van der Waals surface area (Å²) in [6, 6.07) is 9.27. The summed E-state index contributed by atoms with van der Waals surface area (Å²) in [5, 5.41) is 4.12. The van der Waals surface area contributed by atoms with Gasteiger partial charge in [0.2, 0.25) is 5.88 Å². The third-order valence-corrected chi connectivity index (χ3v) is 3.76. The average Bonchev–Trinajstić information content (AvgIpc) is 2.98. The van der Waals surface area contributed by atoms with Crippen LogP contribution >= 0.6 is 15.9 Å². The molecule has 0 saturated heterocycles. The van der Waals surface area contributed by atoms with E-state index in [0.717, 1.165) is 15.6 Å². The van der Waals surface area contributed by atoms with Gasteiger partial charge < -0.3 is 4.74 Å². The second kappa shape index (κ2) is 4.94. The van der Waals surface area contributed by atoms with Crippen LogP contribution in [0.25, 0.3) is 21.6 Å². The van der Waals surface area contributed by atoms with Crippen LogP contribution in [-0.2, 0) is 0 Å². The standard InChI is InChI=1S/C14H9BrN4O/c1-16-10-5-3-9(4-6-10)11-7-12(20-2)19-14(13(11)15)17-8-18-19/h3-8H,2H3. The van der Waals surface area contributed by atoms with E-state index < -0.39 is 0 Å². The largest absolute Gasteiger partial charge is 0.481 e. The van der Waals surface area contributed by atoms with Crippen molar-refractivity contribution in [3.8, 4) is 17.0 Å². The van der Waals surface area contributed by atoms with Gasteiger partial charge in [-0.15, -0.1) is 0 Å². The lowest BCUT2D eigenvalue weighted by Gasteiger charge is -2.10. The summed E-state index contributed by atoms with van der Waals surface area (Å²) < 4.78 is 7.80. The Kier molecular flexibility index (Phi) is 3.12. The fourth-order valence-corrected chi connectivity index (χ4v) is 2.61. The minimum Gasteiger partial charge on any atom is -0.481 e. The lowest BCUT2D eigenvalue weighted by molar-refractivity contribution is 0.386. The number of fused-ring (bicyclic) bond motifs is 1. The summed E-state index contributed by atoms with van der Waals surface area (Å²) in [4.78, 5) is 7.61. The highest BCUT2D eigenvalue weighted by Crippen LogP contribution is 2.35. The Bertz CT molecular complexity index is 818. The van der Waals surface area contributed by atoms with Crippen LogP contribution in [0.3, 0.4) is 0 Å². The van der Waals surface area contributed by atoms with Crippen molar-refractivity contribution >= 4 is 27.3 Å². The maximum absolute atomic E-state index is 6.99. The highest BCUT2D eigenvalue weighted by Gasteiger charge is 2.14. The molecule has 0 atom stereocenters. The van der Waals surface area contributed by atoms with Gasteiger partial charge in [0.15, 0.2) is 11.3 Å². The number of aromatic nitrogens is 3. The highest BCUT2D eigenvalue weighted by molar-refractivity contribution is 9.10. The first-order valence-electron chi connectivity index (χ1n) is 5.78. The maximum atomic E-state index is 6.99. The molecule has 0 aliphatic heterocycles. The number of hydrogen-bond donors (Lipinski definition) is 0. The molecule has 0 radical (unpaired) electrons. The van der Waals surface area contributed by atoms with Gasteiger partial charge in [-0.2, -0.15) is 9.61 Å². The quantitative estimate of drug-likeness (QED) is 0.673. The molecule has 2 heterocycles. The first-order chi connectivity index (χ1) is 9.74. The van der Waals surface area contributed by atoms with Gasteiger partial charge in [-0.1, -0.05) is 24.3 Å². The SMILES string of the molecule is [C-]#[N+]c1ccc(-c2cc(OC)n3ncnc3c2Br)cc1. The molecule has 3 aromatic rings. The van der Waals surface area contributed by atoms with Crippen molar-refractivity contribution < 1.29 is 4.74 Å². The first kappa shape index (κ1) is 12.6. The first-order valence-corrected chi connectivity index (χ1v) is 6.58. The Morgan fingerprint density at radius 3 is 2.70 bits per heavy atom. The van der Waals surface area contributed by atoms with Gasteiger partial charge in [0, 0.05) is 11.6 Å². The van der Waals surface area contributed by atoms with E-state index in [1.54, 1.807) is 23.8 Å². The van der Waals surface area contributed by atoms with E-state index in [4.69, 9.17) is 11.3 Å². The molecule has 0 unspecified atom stereocenters. The Morgan fingerprint density at radius 1 is 1.30 bits per heavy atom. The van der Waals surface area contributed by atoms with Crippen LogP contribution in [-0.4, -0.2) is 21.7 Å². The Morgan fingerprint density at radius 2 is 2.05 bits per heavy atom. The van der Waals surface area contributed by atoms with Crippen LogP contribution in [0, 0.1) is 6.57 Å². The average molecular weight is 329 g/mol. The fourth-order valence-electron chi connectivity index (χ4n) is 1.99. The molecule has 0 amide bonds. The van der Waals surface area contributed by atoms with Gasteiger partial charge in [0.25, 0.3) is 0 Å². The summed E-state index contributed by atoms with van der Waals surface area (Å²) in [6.45, 7) is 6.99. The highest BCUT2D eigenvalue weighted by atomic mass is 79.9. The number of benzene rings is 1. The van der Waals surface area contributed by atoms with Crippen molar-refractivity contribution in [2.75, 3.05) is 7.11 Å². The monoisotopic (exact) mass is 328 g/mol. The third-order valence-electron chi connectivity index (χ3n) is 2.97. The molecule has 3 rings (SSSR count). The second-order valence-electron chi connectivity index (χ2n) is 4.07. The molecular weight excluding hydrogens is 320 g/mol. The van der Waals surface area contributed by atoms with Gasteiger partial charge in [-0.3, -0.25) is 0 Å². The van der Waals surface area contributed by atoms with Crippen LogP contribution in [0.5, 0.6) is 5.88 Å². The number of ether oxygens (including phenoxy) is 1. The molecule has 5 nitrogen and oxygen atoms in total. The topological polar surface area (TPSA) is 43.8 Å². The van der Waals surface area contributed by atoms with E-state index in [1.165, 1.54) is 6.33 Å². The second-order valence-corrected chi connectivity index (χ2v) is 4.86. The minimum atomic E-state index is 0.602. The predicted octanol–water partition coefficient (Wildman–Crippen LogP) is 3.72. The van der Waals surface area contributed by atoms with Crippen LogP contribution in [0.15, 0.2) is 41.1 Å². The molecule has 0 aliphatic rings. The molecular formula is C14H9BrN4O. The van der Waals surface area contributed by atoms with E-state index in [9.17, 15) is 0 Å². The number of nitrogens with zero attached hydrogens (tertiary/aromatic N) is 4. The lowest BCUT2D eigenvalue weighted by Crippen LogP contribution is -1.98. The molecule has 20 heavy (non-hydrogen) atoms. The number of hydrogen-bond acceptors (Lipinski definition) is 3. The molecule has 98 valence electrons. The predicted molar refractivity (Wildman–Crippen MR) is 78.9 cm³/mol. The minimum absolute atomic E-state index is 0.602. The Hall–Kier alpha value is -2.39. The Labute approximate surface area is 123 Å². The molecule has 0 fully saturated rings. The van der Waals surface area contributed by atoms with Crippen molar-refractivity contribution in [3.63, 3.8) is 0 Å². The van der Waals surface area contributed by atoms with Gasteiger partial charge >= 0.3 is 0 Å². The normalized spacial score (nSPS) is 10.4. The molecule has 0 aliphatic carbocycles. The van der Waals surface area contributed by atoms with E-state index in [-0.39, 0.29) is 0 Å². The molecule has 2 aromatic heterocycles. The van der Waals surface area contributed by atoms with Crippen LogP contribution < -0.4 is 4.74 Å². The zero-order valence-corrected chi connectivity index (χ0v) is 12.1. The smallest absolute Gasteiger partial charge is 0.216 e. The number of methoxy groups -OCH3 is 1. The van der Waals surface area contributed by atoms with Crippen molar-refractivity contribution in [2.45, 2.75) is 0 Å². The molecule has 1 aromatic carbocycles. The summed E-state index contributed by atoms with van der Waals surface area (Å²) in [5.41, 5.74) is 3.22. The summed E-state index contributed by atoms with van der Waals surface area (Å²) in [5.74, 6) is 0.602. The zero-order valence-electron chi connectivity index (χ0n) is 10.5. The van der Waals surface area contributed by atoms with Gasteiger partial charge in [-0.05, 0) is 21.5 Å². The Balaban J connectivity index is 2.24. The van der Waals surface area contributed by atoms with Crippen LogP contribution in [0.4, 0.5) is 5.69 Å². The number of halogens is 1. The van der Waals surface area contributed by atoms with Crippen molar-refractivity contribution in [2.24, 2.45) is 0 Å². The fraction of sp³-hybridized carbons (Fsp3) is 0.0714. The van der Waals surface area contributed by atoms with E-state index >= 15 is 0 Å². The molecule has 6 heteroatoms. The van der Waals surface area contributed by atoms with E-state index in [0.29, 0.717) is 17.2 Å². The summed E-state index contributed by atoms with van der Waals surface area (Å²) >= 11 is 3.56. The van der Waals surface area contributed by atoms with Gasteiger partial charge in [0.1, 0.15) is 6.33 Å². The third kappa shape index (κ3) is 1.92. The number of pyridine rings is 1. The lowest BCUT2D eigenvalue weighted by atomic mass is 10.1. The van der Waals surface area contributed by atoms with Crippen molar-refractivity contribution in [3.05, 3.63) is 52.5 Å². The summed E-state index contributed by atoms with van der Waals surface area (Å²) in [7, 11) is 1.59. The van der Waals surface area contributed by atoms with Crippen LogP contribution in [0.2, 0.25) is 0 Å². The zero-order chi connectivity index (χ0) is 14.1. The van der Waals surface area contributed by atoms with E-state index in [2.05, 4.69) is 30.9 Å². The van der Waals surface area contributed by atoms with E-state index in [1.807, 2.05) is 18.2 Å². The summed E-state index contributed by atoms with van der Waals surface area (Å²) in [6.07, 6.45) is 1.48.